The highest BCUT2D eigenvalue weighted by atomic mass is 79.9. The van der Waals surface area contributed by atoms with Crippen molar-refractivity contribution in [3.63, 3.8) is 0 Å². The minimum atomic E-state index is -1.53. The molecule has 0 atom stereocenters. The van der Waals surface area contributed by atoms with Crippen molar-refractivity contribution in [2.75, 3.05) is 11.5 Å². The van der Waals surface area contributed by atoms with E-state index in [9.17, 15) is 10.1 Å². The molecular formula is C70H52BBr2N9O6. The van der Waals surface area contributed by atoms with Crippen LogP contribution in [0.2, 0.25) is 0 Å². The molecule has 15 nitrogen and oxygen atoms in total. The topological polar surface area (TPSA) is 215 Å². The normalized spacial score (nSPS) is 11.3. The number of aromatic nitrogens is 6. The highest BCUT2D eigenvalue weighted by Gasteiger charge is 2.17. The smallest absolute Gasteiger partial charge is 0.465 e. The molecule has 16 rings (SSSR count). The van der Waals surface area contributed by atoms with Crippen LogP contribution in [-0.4, -0.2) is 50.7 Å². The molecule has 0 saturated carbocycles. The first-order valence-electron chi connectivity index (χ1n) is 28.0. The molecule has 0 amide bonds. The summed E-state index contributed by atoms with van der Waals surface area (Å²) >= 11 is 7.11. The van der Waals surface area contributed by atoms with Crippen molar-refractivity contribution in [3.8, 4) is 11.3 Å². The van der Waals surface area contributed by atoms with Gasteiger partial charge in [0.15, 0.2) is 0 Å². The lowest BCUT2D eigenvalue weighted by atomic mass is 9.88. The van der Waals surface area contributed by atoms with Gasteiger partial charge in [-0.1, -0.05) is 72.8 Å². The Kier molecular flexibility index (Phi) is 15.8. The molecular weight excluding hydrogens is 1230 g/mol. The second kappa shape index (κ2) is 24.5. The molecule has 0 spiro atoms. The zero-order chi connectivity index (χ0) is 60.4. The maximum Gasteiger partial charge on any atom is 0.526 e. The van der Waals surface area contributed by atoms with Crippen LogP contribution in [0.4, 0.5) is 17.1 Å². The lowest BCUT2D eigenvalue weighted by Crippen LogP contribution is -2.27. The van der Waals surface area contributed by atoms with Crippen LogP contribution >= 0.6 is 31.9 Å². The van der Waals surface area contributed by atoms with E-state index in [4.69, 9.17) is 30.3 Å². The van der Waals surface area contributed by atoms with Crippen molar-refractivity contribution >= 4 is 149 Å². The first-order valence-corrected chi connectivity index (χ1v) is 29.6. The van der Waals surface area contributed by atoms with Gasteiger partial charge in [-0.25, -0.2) is 0 Å². The fourth-order valence-corrected chi connectivity index (χ4v) is 12.0. The Morgan fingerprint density at radius 2 is 0.898 bits per heavy atom. The summed E-state index contributed by atoms with van der Waals surface area (Å²) in [6, 6.07) is 61.5. The van der Waals surface area contributed by atoms with Gasteiger partial charge in [0, 0.05) is 173 Å². The quantitative estimate of drug-likeness (QED) is 0.0461. The summed E-state index contributed by atoms with van der Waals surface area (Å²) in [7, 11) is -1.53. The van der Waals surface area contributed by atoms with Crippen molar-refractivity contribution < 1.29 is 23.8 Å². The highest BCUT2D eigenvalue weighted by molar-refractivity contribution is 9.11. The van der Waals surface area contributed by atoms with Crippen molar-refractivity contribution in [1.29, 1.82) is 0 Å². The van der Waals surface area contributed by atoms with Crippen molar-refractivity contribution in [2.24, 2.45) is 0 Å². The summed E-state index contributed by atoms with van der Waals surface area (Å²) in [5.74, 6) is 0.841. The van der Waals surface area contributed by atoms with E-state index in [1.54, 1.807) is 36.5 Å². The number of halogens is 2. The Bertz CT molecular complexity index is 5200. The summed E-state index contributed by atoms with van der Waals surface area (Å²) in [6.45, 7) is 2.31. The third kappa shape index (κ3) is 12.1. The van der Waals surface area contributed by atoms with Crippen LogP contribution in [0.5, 0.6) is 0 Å². The van der Waals surface area contributed by atoms with E-state index in [0.29, 0.717) is 12.1 Å². The first-order chi connectivity index (χ1) is 42.8. The second-order valence-corrected chi connectivity index (χ2v) is 23.0. The van der Waals surface area contributed by atoms with Gasteiger partial charge < -0.3 is 44.1 Å². The standard InChI is InChI=1S/C26H19N3O.C18H12BrN3O2.C18H14BrN3.C8H7BO3/c27-21-7-8-24-18(12-21)9-10-29(24)16-17-5-6-20-14-28-15-23(22(20)11-17)26-13-19-3-1-2-4-25(19)30-26;19-17-10-20-9-14-2-1-12(7-16(14)17)11-21-6-5-13-8-15(22(23)24)3-4-18(13)21;19-17-10-21-9-14-2-1-12(7-16(14)17)11-22-6-5-13-8-15(20)3-4-18(13)22;10-9(11)8-5-6-3-1-2-4-7(6)12-8/h1-15H,16,27H2;1-10H,11H2;1-10H,11,20H2;1-5,10-11H. The lowest BCUT2D eigenvalue weighted by molar-refractivity contribution is -0.384. The Morgan fingerprint density at radius 1 is 0.455 bits per heavy atom. The minimum Gasteiger partial charge on any atom is -0.465 e. The molecule has 16 aromatic rings. The maximum absolute atomic E-state index is 10.9. The van der Waals surface area contributed by atoms with E-state index in [-0.39, 0.29) is 16.3 Å². The maximum atomic E-state index is 10.9. The highest BCUT2D eigenvalue weighted by Crippen LogP contribution is 2.34. The fraction of sp³-hybridized carbons (Fsp3) is 0.0429. The molecule has 0 bridgehead atoms. The molecule has 8 aromatic carbocycles. The minimum absolute atomic E-state index is 0.113. The van der Waals surface area contributed by atoms with Gasteiger partial charge in [0.1, 0.15) is 22.6 Å². The van der Waals surface area contributed by atoms with Crippen LogP contribution in [0.1, 0.15) is 16.7 Å². The Hall–Kier alpha value is -10.4. The van der Waals surface area contributed by atoms with Crippen molar-refractivity contribution in [1.82, 2.24) is 28.7 Å². The van der Waals surface area contributed by atoms with E-state index in [1.807, 2.05) is 104 Å². The van der Waals surface area contributed by atoms with Crippen molar-refractivity contribution in [3.05, 3.63) is 280 Å². The van der Waals surface area contributed by atoms with E-state index < -0.39 is 7.12 Å². The van der Waals surface area contributed by atoms with Gasteiger partial charge in [-0.05, 0) is 168 Å². The number of hydrogen-bond donors (Lipinski definition) is 4. The van der Waals surface area contributed by atoms with Gasteiger partial charge in [0.2, 0.25) is 0 Å². The van der Waals surface area contributed by atoms with E-state index in [1.165, 1.54) is 32.9 Å². The molecule has 88 heavy (non-hydrogen) atoms. The Labute approximate surface area is 519 Å². The molecule has 0 radical (unpaired) electrons. The SMILES string of the molecule is Nc1ccc2c(ccn2Cc2ccc3cncc(-c4cc5ccccc5o4)c3c2)c1.Nc1ccc2c(ccn2Cc2ccc3cncc(Br)c3c2)c1.O=[N+]([O-])c1ccc2c(ccn2Cc2ccc3cncc(Br)c3c2)c1.OB(O)c1cc2ccccc2o1. The molecule has 430 valence electrons. The van der Waals surface area contributed by atoms with E-state index >= 15 is 0 Å². The molecule has 18 heteroatoms. The summed E-state index contributed by atoms with van der Waals surface area (Å²) in [4.78, 5) is 23.3. The number of non-ortho nitro benzene ring substituents is 1. The number of nitrogens with zero attached hydrogens (tertiary/aromatic N) is 7. The molecule has 0 aliphatic heterocycles. The largest absolute Gasteiger partial charge is 0.526 e. The number of nitrogen functional groups attached to an aromatic ring is 2. The second-order valence-electron chi connectivity index (χ2n) is 21.3. The lowest BCUT2D eigenvalue weighted by Gasteiger charge is -2.09. The zero-order valence-electron chi connectivity index (χ0n) is 46.9. The van der Waals surface area contributed by atoms with Crippen LogP contribution in [0.15, 0.2) is 262 Å². The average molecular weight is 1290 g/mol. The number of nitro groups is 1. The third-order valence-electron chi connectivity index (χ3n) is 15.4. The number of nitrogens with two attached hydrogens (primary N) is 2. The van der Waals surface area contributed by atoms with Crippen LogP contribution in [0, 0.1) is 10.1 Å². The number of pyridine rings is 3. The average Bonchev–Trinajstić information content (AvgIpc) is 3.54. The summed E-state index contributed by atoms with van der Waals surface area (Å²) < 4.78 is 19.8. The van der Waals surface area contributed by atoms with Gasteiger partial charge in [-0.15, -0.1) is 0 Å². The molecule has 0 saturated heterocycles. The zero-order valence-corrected chi connectivity index (χ0v) is 50.0. The number of benzene rings is 8. The van der Waals surface area contributed by atoms with E-state index in [0.717, 1.165) is 110 Å². The van der Waals surface area contributed by atoms with E-state index in [2.05, 4.69) is 164 Å². The summed E-state index contributed by atoms with van der Waals surface area (Å²) in [5.41, 5.74) is 23.2. The third-order valence-corrected chi connectivity index (χ3v) is 16.6. The Balaban J connectivity index is 0.000000113. The number of rotatable bonds is 9. The molecule has 0 unspecified atom stereocenters. The number of para-hydroxylation sites is 2. The van der Waals surface area contributed by atoms with Crippen LogP contribution < -0.4 is 17.1 Å². The van der Waals surface area contributed by atoms with Gasteiger partial charge in [0.05, 0.1) is 4.92 Å². The molecule has 0 aliphatic rings. The predicted molar refractivity (Wildman–Crippen MR) is 360 cm³/mol. The molecule has 0 aliphatic carbocycles. The van der Waals surface area contributed by atoms with Gasteiger partial charge in [-0.3, -0.25) is 25.1 Å². The number of fused-ring (bicyclic) bond motifs is 8. The van der Waals surface area contributed by atoms with Crippen LogP contribution in [0.25, 0.3) is 98.3 Å². The van der Waals surface area contributed by atoms with Gasteiger partial charge >= 0.3 is 7.12 Å². The molecule has 8 heterocycles. The van der Waals surface area contributed by atoms with Gasteiger partial charge in [-0.2, -0.15) is 0 Å². The number of furan rings is 2. The number of nitro benzene ring substituents is 1. The number of anilines is 2. The van der Waals surface area contributed by atoms with Crippen LogP contribution in [-0.2, 0) is 19.6 Å². The molecule has 0 fully saturated rings. The fourth-order valence-electron chi connectivity index (χ4n) is 11.0. The summed E-state index contributed by atoms with van der Waals surface area (Å²) in [5, 5.41) is 40.4. The van der Waals surface area contributed by atoms with Crippen molar-refractivity contribution in [2.45, 2.75) is 19.6 Å². The summed E-state index contributed by atoms with van der Waals surface area (Å²) in [6.07, 6.45) is 17.3. The molecule has 6 N–H and O–H groups in total. The monoisotopic (exact) mass is 1280 g/mol. The number of hydrogen-bond acceptors (Lipinski definition) is 11. The molecule has 8 aromatic heterocycles. The first kappa shape index (κ1) is 56.7. The van der Waals surface area contributed by atoms with Crippen LogP contribution in [0.3, 0.4) is 0 Å². The predicted octanol–water partition coefficient (Wildman–Crippen LogP) is 15.8. The van der Waals surface area contributed by atoms with Gasteiger partial charge in [0.25, 0.3) is 5.69 Å². The Morgan fingerprint density at radius 3 is 1.39 bits per heavy atom.